The highest BCUT2D eigenvalue weighted by Crippen LogP contribution is 2.18. The van der Waals surface area contributed by atoms with E-state index in [0.29, 0.717) is 10.7 Å². The molecule has 0 fully saturated rings. The van der Waals surface area contributed by atoms with E-state index in [2.05, 4.69) is 10.6 Å². The second-order valence-electron chi connectivity index (χ2n) is 6.00. The number of benzene rings is 2. The molecule has 2 aromatic carbocycles. The van der Waals surface area contributed by atoms with Crippen LogP contribution in [0.3, 0.4) is 0 Å². The third kappa shape index (κ3) is 6.75. The highest BCUT2D eigenvalue weighted by molar-refractivity contribution is 6.30. The van der Waals surface area contributed by atoms with Crippen LogP contribution < -0.4 is 10.6 Å². The summed E-state index contributed by atoms with van der Waals surface area (Å²) in [7, 11) is 0. The van der Waals surface area contributed by atoms with Gasteiger partial charge in [0.2, 0.25) is 5.91 Å². The van der Waals surface area contributed by atoms with E-state index in [-0.39, 0.29) is 12.3 Å². The molecule has 0 saturated heterocycles. The zero-order chi connectivity index (χ0) is 19.8. The van der Waals surface area contributed by atoms with Crippen LogP contribution in [0.4, 0.5) is 5.69 Å². The van der Waals surface area contributed by atoms with Crippen molar-refractivity contribution in [3.8, 4) is 0 Å². The van der Waals surface area contributed by atoms with E-state index >= 15 is 0 Å². The van der Waals surface area contributed by atoms with Gasteiger partial charge in [-0.15, -0.1) is 0 Å². The molecule has 2 atom stereocenters. The summed E-state index contributed by atoms with van der Waals surface area (Å²) in [5.41, 5.74) is 1.29. The number of hydrogen-bond donors (Lipinski definition) is 2. The molecule has 2 aromatic rings. The fraction of sp³-hybridized carbons (Fsp3) is 0.250. The van der Waals surface area contributed by atoms with Gasteiger partial charge in [0.15, 0.2) is 6.10 Å². The summed E-state index contributed by atoms with van der Waals surface area (Å²) in [5.74, 6) is -1.32. The van der Waals surface area contributed by atoms with Gasteiger partial charge in [0.05, 0.1) is 12.5 Å². The van der Waals surface area contributed by atoms with Crippen LogP contribution in [0.2, 0.25) is 5.02 Å². The maximum Gasteiger partial charge on any atom is 0.309 e. The number of nitrogens with one attached hydrogen (secondary N) is 2. The molecule has 0 saturated carbocycles. The zero-order valence-corrected chi connectivity index (χ0v) is 15.8. The molecule has 0 unspecified atom stereocenters. The lowest BCUT2D eigenvalue weighted by molar-refractivity contribution is -0.153. The van der Waals surface area contributed by atoms with Crippen molar-refractivity contribution in [2.45, 2.75) is 32.4 Å². The second-order valence-corrected chi connectivity index (χ2v) is 6.44. The number of esters is 1. The first-order valence-corrected chi connectivity index (χ1v) is 8.81. The predicted molar refractivity (Wildman–Crippen MR) is 103 cm³/mol. The Bertz CT molecular complexity index is 811. The minimum absolute atomic E-state index is 0.0849. The molecule has 0 aliphatic rings. The van der Waals surface area contributed by atoms with E-state index in [0.717, 1.165) is 5.56 Å². The lowest BCUT2D eigenvalue weighted by atomic mass is 10.0. The highest BCUT2D eigenvalue weighted by atomic mass is 35.5. The topological polar surface area (TPSA) is 84.5 Å². The Morgan fingerprint density at radius 3 is 2.41 bits per heavy atom. The van der Waals surface area contributed by atoms with Crippen molar-refractivity contribution in [2.75, 3.05) is 5.32 Å². The Morgan fingerprint density at radius 2 is 1.78 bits per heavy atom. The molecule has 2 amide bonds. The predicted octanol–water partition coefficient (Wildman–Crippen LogP) is 3.48. The quantitative estimate of drug-likeness (QED) is 0.711. The summed E-state index contributed by atoms with van der Waals surface area (Å²) < 4.78 is 5.21. The monoisotopic (exact) mass is 388 g/mol. The molecule has 2 rings (SSSR count). The SMILES string of the molecule is CC(=O)N[C@@H](CC(=O)O[C@@H](C)C(=O)Nc1cccc(Cl)c1)c1ccccc1. The van der Waals surface area contributed by atoms with Gasteiger partial charge in [-0.25, -0.2) is 0 Å². The first kappa shape index (κ1) is 20.5. The molecule has 6 nitrogen and oxygen atoms in total. The van der Waals surface area contributed by atoms with Crippen LogP contribution >= 0.6 is 11.6 Å². The van der Waals surface area contributed by atoms with Crippen LogP contribution in [0.1, 0.15) is 31.9 Å². The van der Waals surface area contributed by atoms with Crippen molar-refractivity contribution in [2.24, 2.45) is 0 Å². The average molecular weight is 389 g/mol. The standard InChI is InChI=1S/C20H21ClN2O4/c1-13(20(26)23-17-10-6-9-16(21)11-17)27-19(25)12-18(22-14(2)24)15-7-4-3-5-8-15/h3-11,13,18H,12H2,1-2H3,(H,22,24)(H,23,26)/t13-,18-/m0/s1. The largest absolute Gasteiger partial charge is 0.452 e. The summed E-state index contributed by atoms with van der Waals surface area (Å²) in [6.45, 7) is 2.86. The highest BCUT2D eigenvalue weighted by Gasteiger charge is 2.22. The maximum absolute atomic E-state index is 12.3. The smallest absolute Gasteiger partial charge is 0.309 e. The van der Waals surface area contributed by atoms with Gasteiger partial charge < -0.3 is 15.4 Å². The van der Waals surface area contributed by atoms with Gasteiger partial charge in [0.1, 0.15) is 0 Å². The lowest BCUT2D eigenvalue weighted by Crippen LogP contribution is -2.33. The molecule has 0 aliphatic carbocycles. The summed E-state index contributed by atoms with van der Waals surface area (Å²) in [6, 6.07) is 15.2. The Morgan fingerprint density at radius 1 is 1.07 bits per heavy atom. The van der Waals surface area contributed by atoms with Crippen molar-refractivity contribution >= 4 is 35.1 Å². The van der Waals surface area contributed by atoms with Crippen LogP contribution in [0.15, 0.2) is 54.6 Å². The number of ether oxygens (including phenoxy) is 1. The molecule has 142 valence electrons. The molecular formula is C20H21ClN2O4. The third-order valence-electron chi connectivity index (χ3n) is 3.72. The van der Waals surface area contributed by atoms with Crippen molar-refractivity contribution in [1.82, 2.24) is 5.32 Å². The van der Waals surface area contributed by atoms with E-state index in [9.17, 15) is 14.4 Å². The summed E-state index contributed by atoms with van der Waals surface area (Å²) >= 11 is 5.88. The first-order valence-electron chi connectivity index (χ1n) is 8.43. The number of carbonyl (C=O) groups is 3. The Kier molecular flexibility index (Phi) is 7.37. The fourth-order valence-electron chi connectivity index (χ4n) is 2.46. The van der Waals surface area contributed by atoms with E-state index in [1.54, 1.807) is 24.3 Å². The Hall–Kier alpha value is -2.86. The van der Waals surface area contributed by atoms with Crippen molar-refractivity contribution in [3.63, 3.8) is 0 Å². The first-order chi connectivity index (χ1) is 12.8. The number of carbonyl (C=O) groups excluding carboxylic acids is 3. The normalized spacial score (nSPS) is 12.6. The van der Waals surface area contributed by atoms with Gasteiger partial charge in [-0.2, -0.15) is 0 Å². The molecule has 0 aromatic heterocycles. The van der Waals surface area contributed by atoms with E-state index in [1.165, 1.54) is 13.8 Å². The molecule has 0 radical (unpaired) electrons. The van der Waals surface area contributed by atoms with Gasteiger partial charge in [-0.05, 0) is 30.7 Å². The average Bonchev–Trinajstić information content (AvgIpc) is 2.61. The second kappa shape index (κ2) is 9.73. The van der Waals surface area contributed by atoms with Crippen LogP contribution in [0.5, 0.6) is 0 Å². The molecule has 0 aliphatic heterocycles. The van der Waals surface area contributed by atoms with Crippen molar-refractivity contribution in [1.29, 1.82) is 0 Å². The van der Waals surface area contributed by atoms with Crippen LogP contribution in [-0.2, 0) is 19.1 Å². The maximum atomic E-state index is 12.3. The lowest BCUT2D eigenvalue weighted by Gasteiger charge is -2.19. The van der Waals surface area contributed by atoms with E-state index in [1.807, 2.05) is 30.3 Å². The van der Waals surface area contributed by atoms with E-state index < -0.39 is 24.0 Å². The molecule has 27 heavy (non-hydrogen) atoms. The zero-order valence-electron chi connectivity index (χ0n) is 15.1. The number of rotatable bonds is 7. The Labute approximate surface area is 162 Å². The molecule has 7 heteroatoms. The summed E-state index contributed by atoms with van der Waals surface area (Å²) in [5, 5.41) is 5.84. The van der Waals surface area contributed by atoms with Crippen LogP contribution in [0, 0.1) is 0 Å². The van der Waals surface area contributed by atoms with Crippen LogP contribution in [0.25, 0.3) is 0 Å². The van der Waals surface area contributed by atoms with Crippen molar-refractivity contribution < 1.29 is 19.1 Å². The van der Waals surface area contributed by atoms with Gasteiger partial charge in [0, 0.05) is 17.6 Å². The summed E-state index contributed by atoms with van der Waals surface area (Å²) in [6.07, 6.45) is -1.08. The fourth-order valence-corrected chi connectivity index (χ4v) is 2.65. The molecule has 0 spiro atoms. The molecule has 0 heterocycles. The van der Waals surface area contributed by atoms with Gasteiger partial charge >= 0.3 is 5.97 Å². The molecule has 2 N–H and O–H groups in total. The number of anilines is 1. The van der Waals surface area contributed by atoms with Crippen molar-refractivity contribution in [3.05, 3.63) is 65.2 Å². The van der Waals surface area contributed by atoms with Gasteiger partial charge in [-0.1, -0.05) is 48.0 Å². The van der Waals surface area contributed by atoms with E-state index in [4.69, 9.17) is 16.3 Å². The number of hydrogen-bond acceptors (Lipinski definition) is 4. The Balaban J connectivity index is 1.95. The van der Waals surface area contributed by atoms with Gasteiger partial charge in [0.25, 0.3) is 5.91 Å². The minimum Gasteiger partial charge on any atom is -0.452 e. The minimum atomic E-state index is -0.995. The number of halogens is 1. The van der Waals surface area contributed by atoms with Crippen LogP contribution in [-0.4, -0.2) is 23.9 Å². The number of amides is 2. The molecule has 0 bridgehead atoms. The van der Waals surface area contributed by atoms with Gasteiger partial charge in [-0.3, -0.25) is 14.4 Å². The molecular weight excluding hydrogens is 368 g/mol. The summed E-state index contributed by atoms with van der Waals surface area (Å²) in [4.78, 5) is 35.9. The third-order valence-corrected chi connectivity index (χ3v) is 3.95.